The molecule has 2 heterocycles. The van der Waals surface area contributed by atoms with Gasteiger partial charge >= 0.3 is 0 Å². The fraction of sp³-hybridized carbons (Fsp3) is 0.167. The van der Waals surface area contributed by atoms with Crippen molar-refractivity contribution in [3.05, 3.63) is 38.9 Å². The summed E-state index contributed by atoms with van der Waals surface area (Å²) < 4.78 is 0. The fourth-order valence-electron chi connectivity index (χ4n) is 1.93. The molecule has 1 N–H and O–H groups in total. The number of hydrogen-bond donors (Lipinski definition) is 1. The first-order valence-corrected chi connectivity index (χ1v) is 6.38. The van der Waals surface area contributed by atoms with Crippen LogP contribution >= 0.6 is 11.6 Å². The van der Waals surface area contributed by atoms with Gasteiger partial charge < -0.3 is 5.32 Å². The Morgan fingerprint density at radius 1 is 1.48 bits per heavy atom. The largest absolute Gasteiger partial charge is 0.332 e. The summed E-state index contributed by atoms with van der Waals surface area (Å²) in [6.07, 6.45) is 2.93. The maximum atomic E-state index is 10.8. The molecule has 1 unspecified atom stereocenters. The van der Waals surface area contributed by atoms with Gasteiger partial charge in [0.2, 0.25) is 0 Å². The Kier molecular flexibility index (Phi) is 3.44. The van der Waals surface area contributed by atoms with Crippen molar-refractivity contribution in [1.29, 1.82) is 0 Å². The molecule has 0 saturated heterocycles. The number of amidine groups is 2. The van der Waals surface area contributed by atoms with Crippen molar-refractivity contribution < 1.29 is 4.92 Å². The molecule has 21 heavy (non-hydrogen) atoms. The number of nitrogens with one attached hydrogen (secondary N) is 1. The number of halogens is 1. The fourth-order valence-corrected chi connectivity index (χ4v) is 2.11. The van der Waals surface area contributed by atoms with Gasteiger partial charge in [-0.25, -0.2) is 9.98 Å². The van der Waals surface area contributed by atoms with Crippen LogP contribution in [0.15, 0.2) is 38.2 Å². The van der Waals surface area contributed by atoms with Gasteiger partial charge in [-0.05, 0) is 11.6 Å². The average Bonchev–Trinajstić information content (AvgIpc) is 2.95. The van der Waals surface area contributed by atoms with Gasteiger partial charge in [-0.2, -0.15) is 0 Å². The molecule has 1 aromatic rings. The van der Waals surface area contributed by atoms with Gasteiger partial charge in [0.15, 0.2) is 11.9 Å². The zero-order chi connectivity index (χ0) is 14.8. The maximum Gasteiger partial charge on any atom is 0.269 e. The third-order valence-corrected chi connectivity index (χ3v) is 3.35. The van der Waals surface area contributed by atoms with Crippen LogP contribution in [0.4, 0.5) is 5.69 Å². The lowest BCUT2D eigenvalue weighted by atomic mass is 10.2. The first-order valence-electron chi connectivity index (χ1n) is 6.01. The molecule has 2 aliphatic heterocycles. The SMILES string of the molecule is O=[N+]([O-])c1ccc(Cl)c(CN=C2N=CNC3=NC=NC23)c1. The van der Waals surface area contributed by atoms with E-state index in [-0.39, 0.29) is 18.3 Å². The van der Waals surface area contributed by atoms with E-state index in [1.165, 1.54) is 30.9 Å². The molecule has 8 nitrogen and oxygen atoms in total. The highest BCUT2D eigenvalue weighted by Gasteiger charge is 2.26. The molecule has 0 aliphatic carbocycles. The third kappa shape index (κ3) is 2.65. The van der Waals surface area contributed by atoms with Crippen molar-refractivity contribution in [2.45, 2.75) is 12.6 Å². The highest BCUT2D eigenvalue weighted by Crippen LogP contribution is 2.23. The van der Waals surface area contributed by atoms with E-state index in [1.807, 2.05) is 0 Å². The molecular formula is C12H9ClN6O2. The van der Waals surface area contributed by atoms with Gasteiger partial charge in [-0.1, -0.05) is 11.6 Å². The lowest BCUT2D eigenvalue weighted by Crippen LogP contribution is -2.40. The van der Waals surface area contributed by atoms with Gasteiger partial charge in [0, 0.05) is 17.2 Å². The zero-order valence-electron chi connectivity index (χ0n) is 10.6. The minimum atomic E-state index is -0.471. The van der Waals surface area contributed by atoms with Crippen LogP contribution in [-0.4, -0.2) is 35.3 Å². The number of rotatable bonds is 3. The normalized spacial score (nSPS) is 21.1. The summed E-state index contributed by atoms with van der Waals surface area (Å²) in [5.41, 5.74) is 0.539. The molecule has 3 rings (SSSR count). The van der Waals surface area contributed by atoms with Crippen LogP contribution in [0.5, 0.6) is 0 Å². The molecule has 0 amide bonds. The van der Waals surface area contributed by atoms with Crippen LogP contribution < -0.4 is 5.32 Å². The smallest absolute Gasteiger partial charge is 0.269 e. The minimum Gasteiger partial charge on any atom is -0.332 e. The third-order valence-electron chi connectivity index (χ3n) is 2.98. The topological polar surface area (TPSA) is 105 Å². The number of hydrogen-bond acceptors (Lipinski definition) is 6. The van der Waals surface area contributed by atoms with E-state index >= 15 is 0 Å². The van der Waals surface area contributed by atoms with E-state index in [0.29, 0.717) is 22.3 Å². The summed E-state index contributed by atoms with van der Waals surface area (Å²) in [6.45, 7) is 0.187. The zero-order valence-corrected chi connectivity index (χ0v) is 11.4. The van der Waals surface area contributed by atoms with Gasteiger partial charge in [0.25, 0.3) is 5.69 Å². The number of aliphatic imine (C=N–C) groups is 4. The van der Waals surface area contributed by atoms with Gasteiger partial charge in [0.1, 0.15) is 12.2 Å². The lowest BCUT2D eigenvalue weighted by molar-refractivity contribution is -0.384. The van der Waals surface area contributed by atoms with E-state index in [2.05, 4.69) is 25.3 Å². The Labute approximate surface area is 124 Å². The highest BCUT2D eigenvalue weighted by molar-refractivity contribution is 6.31. The second kappa shape index (κ2) is 5.41. The number of fused-ring (bicyclic) bond motifs is 1. The molecular weight excluding hydrogens is 296 g/mol. The Morgan fingerprint density at radius 3 is 3.14 bits per heavy atom. The van der Waals surface area contributed by atoms with Gasteiger partial charge in [-0.3, -0.25) is 20.1 Å². The monoisotopic (exact) mass is 304 g/mol. The van der Waals surface area contributed by atoms with Crippen molar-refractivity contribution in [3.8, 4) is 0 Å². The standard InChI is InChI=1S/C12H9ClN6O2/c13-9-2-1-8(19(20)21)3-7(9)4-14-11-10-12(16-5-15-10)18-6-17-11/h1-3,5-6,10H,4H2,(H,14,15,16,17,18). The second-order valence-electron chi connectivity index (χ2n) is 4.29. The van der Waals surface area contributed by atoms with E-state index in [0.717, 1.165) is 0 Å². The second-order valence-corrected chi connectivity index (χ2v) is 4.70. The van der Waals surface area contributed by atoms with Crippen molar-refractivity contribution in [2.24, 2.45) is 20.0 Å². The predicted octanol–water partition coefficient (Wildman–Crippen LogP) is 1.59. The van der Waals surface area contributed by atoms with E-state index in [4.69, 9.17) is 11.6 Å². The van der Waals surface area contributed by atoms with Crippen LogP contribution in [0, 0.1) is 10.1 Å². The molecule has 0 aromatic heterocycles. The quantitative estimate of drug-likeness (QED) is 0.677. The van der Waals surface area contributed by atoms with Crippen molar-refractivity contribution in [3.63, 3.8) is 0 Å². The van der Waals surface area contributed by atoms with Crippen molar-refractivity contribution >= 4 is 41.6 Å². The average molecular weight is 305 g/mol. The van der Waals surface area contributed by atoms with Crippen LogP contribution in [0.1, 0.15) is 5.56 Å². The number of nitro benzene ring substituents is 1. The summed E-state index contributed by atoms with van der Waals surface area (Å²) >= 11 is 6.03. The number of nitrogens with zero attached hydrogens (tertiary/aromatic N) is 5. The Morgan fingerprint density at radius 2 is 2.33 bits per heavy atom. The lowest BCUT2D eigenvalue weighted by Gasteiger charge is -2.15. The summed E-state index contributed by atoms with van der Waals surface area (Å²) in [4.78, 5) is 26.9. The number of nitro groups is 1. The van der Waals surface area contributed by atoms with Gasteiger partial charge in [-0.15, -0.1) is 0 Å². The van der Waals surface area contributed by atoms with Crippen molar-refractivity contribution in [1.82, 2.24) is 5.32 Å². The molecule has 0 fully saturated rings. The van der Waals surface area contributed by atoms with Crippen molar-refractivity contribution in [2.75, 3.05) is 0 Å². The summed E-state index contributed by atoms with van der Waals surface area (Å²) in [6, 6.07) is 3.91. The van der Waals surface area contributed by atoms with Crippen LogP contribution in [0.3, 0.4) is 0 Å². The Hall–Kier alpha value is -2.61. The Balaban J connectivity index is 1.85. The maximum absolute atomic E-state index is 10.8. The van der Waals surface area contributed by atoms with Crippen LogP contribution in [0.2, 0.25) is 5.02 Å². The first kappa shape index (κ1) is 13.4. The summed E-state index contributed by atoms with van der Waals surface area (Å²) in [5.74, 6) is 1.15. The molecule has 106 valence electrons. The van der Waals surface area contributed by atoms with E-state index < -0.39 is 4.92 Å². The summed E-state index contributed by atoms with van der Waals surface area (Å²) in [7, 11) is 0. The van der Waals surface area contributed by atoms with Crippen LogP contribution in [-0.2, 0) is 6.54 Å². The highest BCUT2D eigenvalue weighted by atomic mass is 35.5. The van der Waals surface area contributed by atoms with E-state index in [9.17, 15) is 10.1 Å². The molecule has 0 saturated carbocycles. The number of non-ortho nitro benzene ring substituents is 1. The van der Waals surface area contributed by atoms with Gasteiger partial charge in [0.05, 0.1) is 17.8 Å². The molecule has 0 spiro atoms. The minimum absolute atomic E-state index is 0.0236. The molecule has 9 heteroatoms. The van der Waals surface area contributed by atoms with Crippen LogP contribution in [0.25, 0.3) is 0 Å². The summed E-state index contributed by atoms with van der Waals surface area (Å²) in [5, 5.41) is 14.1. The predicted molar refractivity (Wildman–Crippen MR) is 80.6 cm³/mol. The molecule has 0 radical (unpaired) electrons. The first-order chi connectivity index (χ1) is 10.1. The Bertz CT molecular complexity index is 724. The molecule has 1 atom stereocenters. The molecule has 2 aliphatic rings. The van der Waals surface area contributed by atoms with E-state index in [1.54, 1.807) is 0 Å². The molecule has 1 aromatic carbocycles. The number of benzene rings is 1. The molecule has 0 bridgehead atoms.